The Morgan fingerprint density at radius 2 is 1.72 bits per heavy atom. The van der Waals surface area contributed by atoms with Crippen molar-refractivity contribution < 1.29 is 21.6 Å². The summed E-state index contributed by atoms with van der Waals surface area (Å²) in [6.45, 7) is 3.29. The summed E-state index contributed by atoms with van der Waals surface area (Å²) < 4.78 is 61.0. The van der Waals surface area contributed by atoms with Gasteiger partial charge in [0.25, 0.3) is 0 Å². The summed E-state index contributed by atoms with van der Waals surface area (Å²) in [6.07, 6.45) is -5.49. The minimum Gasteiger partial charge on any atom is -0.212 e. The molecule has 1 N–H and O–H groups in total. The molecule has 0 heterocycles. The van der Waals surface area contributed by atoms with Gasteiger partial charge in [0.2, 0.25) is 10.0 Å². The summed E-state index contributed by atoms with van der Waals surface area (Å²) in [4.78, 5) is 0. The van der Waals surface area contributed by atoms with Crippen LogP contribution in [0.3, 0.4) is 0 Å². The van der Waals surface area contributed by atoms with E-state index >= 15 is 0 Å². The molecule has 106 valence electrons. The van der Waals surface area contributed by atoms with Crippen molar-refractivity contribution in [3.8, 4) is 6.07 Å². The van der Waals surface area contributed by atoms with Crippen LogP contribution < -0.4 is 4.72 Å². The van der Waals surface area contributed by atoms with E-state index in [9.17, 15) is 21.6 Å². The third-order valence-electron chi connectivity index (χ3n) is 2.65. The molecule has 0 aliphatic carbocycles. The van der Waals surface area contributed by atoms with Gasteiger partial charge in [-0.15, -0.1) is 0 Å². The predicted molar refractivity (Wildman–Crippen MR) is 61.1 cm³/mol. The molecule has 0 amide bonds. The van der Waals surface area contributed by atoms with Crippen LogP contribution >= 0.6 is 0 Å². The normalized spacial score (nSPS) is 13.3. The van der Waals surface area contributed by atoms with Crippen LogP contribution in [0.2, 0.25) is 0 Å². The first kappa shape index (κ1) is 17.2. The van der Waals surface area contributed by atoms with E-state index in [4.69, 9.17) is 5.26 Å². The van der Waals surface area contributed by atoms with Gasteiger partial charge in [-0.1, -0.05) is 13.8 Å². The van der Waals surface area contributed by atoms with Crippen molar-refractivity contribution in [3.63, 3.8) is 0 Å². The number of nitriles is 1. The maximum absolute atomic E-state index is 11.9. The van der Waals surface area contributed by atoms with Gasteiger partial charge in [-0.3, -0.25) is 0 Å². The molecular weight excluding hydrogens is 269 g/mol. The van der Waals surface area contributed by atoms with E-state index in [1.807, 2.05) is 6.07 Å². The van der Waals surface area contributed by atoms with Gasteiger partial charge in [0.15, 0.2) is 0 Å². The summed E-state index contributed by atoms with van der Waals surface area (Å²) in [7, 11) is -3.87. The van der Waals surface area contributed by atoms with E-state index in [1.54, 1.807) is 13.8 Å². The monoisotopic (exact) mass is 286 g/mol. The highest BCUT2D eigenvalue weighted by Gasteiger charge is 2.32. The lowest BCUT2D eigenvalue weighted by Crippen LogP contribution is -2.47. The molecule has 0 bridgehead atoms. The van der Waals surface area contributed by atoms with Gasteiger partial charge >= 0.3 is 6.18 Å². The molecule has 0 aliphatic rings. The maximum Gasteiger partial charge on any atom is 0.389 e. The average Bonchev–Trinajstić information content (AvgIpc) is 2.24. The van der Waals surface area contributed by atoms with Crippen LogP contribution in [0.15, 0.2) is 0 Å². The molecule has 0 saturated carbocycles. The van der Waals surface area contributed by atoms with Gasteiger partial charge in [0, 0.05) is 6.42 Å². The van der Waals surface area contributed by atoms with Crippen molar-refractivity contribution in [3.05, 3.63) is 0 Å². The quantitative estimate of drug-likeness (QED) is 0.781. The zero-order valence-corrected chi connectivity index (χ0v) is 11.2. The number of sulfonamides is 1. The van der Waals surface area contributed by atoms with Crippen LogP contribution in [-0.4, -0.2) is 25.9 Å². The predicted octanol–water partition coefficient (Wildman–Crippen LogP) is 2.33. The van der Waals surface area contributed by atoms with Crippen molar-refractivity contribution >= 4 is 10.0 Å². The Kier molecular flexibility index (Phi) is 6.10. The molecule has 0 aromatic heterocycles. The summed E-state index contributed by atoms with van der Waals surface area (Å²) in [5, 5.41) is 8.94. The fourth-order valence-electron chi connectivity index (χ4n) is 1.39. The smallest absolute Gasteiger partial charge is 0.212 e. The van der Waals surface area contributed by atoms with Crippen molar-refractivity contribution in [2.45, 2.75) is 51.2 Å². The molecule has 0 aliphatic heterocycles. The van der Waals surface area contributed by atoms with Crippen molar-refractivity contribution in [1.29, 1.82) is 5.26 Å². The van der Waals surface area contributed by atoms with E-state index in [-0.39, 0.29) is 12.8 Å². The first-order valence-electron chi connectivity index (χ1n) is 5.59. The van der Waals surface area contributed by atoms with Gasteiger partial charge in [-0.2, -0.15) is 23.2 Å². The number of nitrogens with zero attached hydrogens (tertiary/aromatic N) is 1. The fraction of sp³-hybridized carbons (Fsp3) is 0.900. The molecular formula is C10H17F3N2O2S. The Morgan fingerprint density at radius 3 is 2.06 bits per heavy atom. The van der Waals surface area contributed by atoms with Crippen molar-refractivity contribution in [2.75, 3.05) is 5.75 Å². The fourth-order valence-corrected chi connectivity index (χ4v) is 2.94. The van der Waals surface area contributed by atoms with Crippen LogP contribution in [0.4, 0.5) is 13.2 Å². The van der Waals surface area contributed by atoms with Crippen LogP contribution in [0.1, 0.15) is 39.5 Å². The first-order valence-corrected chi connectivity index (χ1v) is 7.24. The van der Waals surface area contributed by atoms with Crippen LogP contribution in [0, 0.1) is 11.3 Å². The number of nitrogens with one attached hydrogen (secondary N) is 1. The Morgan fingerprint density at radius 1 is 1.22 bits per heavy atom. The van der Waals surface area contributed by atoms with Crippen LogP contribution in [0.5, 0.6) is 0 Å². The Hall–Kier alpha value is -0.810. The second-order valence-corrected chi connectivity index (χ2v) is 5.88. The number of hydrogen-bond acceptors (Lipinski definition) is 3. The summed E-state index contributed by atoms with van der Waals surface area (Å²) in [5.74, 6) is -0.629. The second-order valence-electron chi connectivity index (χ2n) is 4.04. The largest absolute Gasteiger partial charge is 0.389 e. The zero-order valence-electron chi connectivity index (χ0n) is 10.3. The van der Waals surface area contributed by atoms with Gasteiger partial charge in [0.1, 0.15) is 5.54 Å². The number of alkyl halides is 3. The molecule has 0 spiro atoms. The molecule has 4 nitrogen and oxygen atoms in total. The van der Waals surface area contributed by atoms with Crippen molar-refractivity contribution in [2.24, 2.45) is 0 Å². The molecule has 0 saturated heterocycles. The molecule has 0 rings (SSSR count). The van der Waals surface area contributed by atoms with E-state index < -0.39 is 40.3 Å². The molecule has 0 fully saturated rings. The van der Waals surface area contributed by atoms with E-state index in [0.717, 1.165) is 0 Å². The van der Waals surface area contributed by atoms with Gasteiger partial charge in [-0.25, -0.2) is 8.42 Å². The standard InChI is InChI=1S/C10H17F3N2O2S/c1-3-9(4-2,8-14)15-18(16,17)7-5-6-10(11,12)13/h15H,3-7H2,1-2H3. The van der Waals surface area contributed by atoms with Crippen molar-refractivity contribution in [1.82, 2.24) is 4.72 Å². The average molecular weight is 286 g/mol. The number of hydrogen-bond donors (Lipinski definition) is 1. The summed E-state index contributed by atoms with van der Waals surface area (Å²) in [6, 6.07) is 1.87. The Balaban J connectivity index is 4.54. The SMILES string of the molecule is CCC(C#N)(CC)NS(=O)(=O)CCCC(F)(F)F. The van der Waals surface area contributed by atoms with E-state index in [1.165, 1.54) is 0 Å². The minimum atomic E-state index is -4.36. The zero-order chi connectivity index (χ0) is 14.4. The highest BCUT2D eigenvalue weighted by molar-refractivity contribution is 7.89. The highest BCUT2D eigenvalue weighted by atomic mass is 32.2. The van der Waals surface area contributed by atoms with E-state index in [2.05, 4.69) is 4.72 Å². The van der Waals surface area contributed by atoms with Gasteiger partial charge in [-0.05, 0) is 19.3 Å². The Labute approximate surface area is 105 Å². The number of halogens is 3. The lowest BCUT2D eigenvalue weighted by molar-refractivity contribution is -0.134. The molecule has 0 atom stereocenters. The van der Waals surface area contributed by atoms with Gasteiger partial charge < -0.3 is 0 Å². The second kappa shape index (κ2) is 6.38. The third kappa shape index (κ3) is 6.21. The molecule has 8 heteroatoms. The van der Waals surface area contributed by atoms with E-state index in [0.29, 0.717) is 0 Å². The molecule has 18 heavy (non-hydrogen) atoms. The third-order valence-corrected chi connectivity index (χ3v) is 4.17. The molecule has 0 aromatic rings. The summed E-state index contributed by atoms with van der Waals surface area (Å²) in [5.41, 5.74) is -1.23. The topological polar surface area (TPSA) is 70.0 Å². The first-order chi connectivity index (χ1) is 8.10. The summed E-state index contributed by atoms with van der Waals surface area (Å²) >= 11 is 0. The van der Waals surface area contributed by atoms with Gasteiger partial charge in [0.05, 0.1) is 11.8 Å². The molecule has 0 unspecified atom stereocenters. The van der Waals surface area contributed by atoms with Crippen LogP contribution in [-0.2, 0) is 10.0 Å². The lowest BCUT2D eigenvalue weighted by Gasteiger charge is -2.24. The lowest BCUT2D eigenvalue weighted by atomic mass is 9.97. The number of rotatable bonds is 7. The van der Waals surface area contributed by atoms with Crippen LogP contribution in [0.25, 0.3) is 0 Å². The minimum absolute atomic E-state index is 0.262. The Bertz CT molecular complexity index is 394. The maximum atomic E-state index is 11.9. The molecule has 0 radical (unpaired) electrons. The molecule has 0 aromatic carbocycles. The highest BCUT2D eigenvalue weighted by Crippen LogP contribution is 2.22.